The molecule has 0 aromatic heterocycles. The fourth-order valence-electron chi connectivity index (χ4n) is 1.57. The van der Waals surface area contributed by atoms with E-state index in [0.29, 0.717) is 11.3 Å². The number of sulfonamides is 1. The molecule has 0 heterocycles. The number of rotatable bonds is 7. The zero-order chi connectivity index (χ0) is 15.2. The number of ether oxygens (including phenoxy) is 1. The largest absolute Gasteiger partial charge is 0.497 e. The third-order valence-electron chi connectivity index (χ3n) is 2.46. The van der Waals surface area contributed by atoms with Gasteiger partial charge in [-0.3, -0.25) is 0 Å². The molecule has 8 heteroatoms. The van der Waals surface area contributed by atoms with E-state index in [2.05, 4.69) is 0 Å². The molecular formula is C12H15N3O3S2. The van der Waals surface area contributed by atoms with Crippen molar-refractivity contribution in [1.82, 2.24) is 4.31 Å². The number of hydrogen-bond acceptors (Lipinski definition) is 5. The SMILES string of the molecule is COc1cccc(CS(=O)(=O)N(CC#N)CC(N)=S)c1. The standard InChI is InChI=1S/C12H15N3O3S2/c1-18-11-4-2-3-10(7-11)9-20(16,17)15(6-5-13)8-12(14)19/h2-4,7H,6,8-9H2,1H3,(H2,14,19). The lowest BCUT2D eigenvalue weighted by Gasteiger charge is -2.18. The van der Waals surface area contributed by atoms with Crippen LogP contribution in [0.15, 0.2) is 24.3 Å². The highest BCUT2D eigenvalue weighted by Gasteiger charge is 2.23. The molecule has 0 spiro atoms. The molecule has 0 fully saturated rings. The van der Waals surface area contributed by atoms with Crippen LogP contribution in [0.4, 0.5) is 0 Å². The Hall–Kier alpha value is -1.69. The average Bonchev–Trinajstić information content (AvgIpc) is 2.37. The van der Waals surface area contributed by atoms with Crippen LogP contribution in [0.25, 0.3) is 0 Å². The minimum absolute atomic E-state index is 0.0227. The van der Waals surface area contributed by atoms with Crippen molar-refractivity contribution in [3.05, 3.63) is 29.8 Å². The van der Waals surface area contributed by atoms with Crippen LogP contribution in [0, 0.1) is 11.3 Å². The van der Waals surface area contributed by atoms with Gasteiger partial charge in [-0.2, -0.15) is 9.57 Å². The van der Waals surface area contributed by atoms with E-state index in [1.54, 1.807) is 30.3 Å². The van der Waals surface area contributed by atoms with Crippen LogP contribution in [0.5, 0.6) is 5.75 Å². The number of nitrogens with zero attached hydrogens (tertiary/aromatic N) is 2. The van der Waals surface area contributed by atoms with Crippen molar-refractivity contribution >= 4 is 27.2 Å². The Bertz CT molecular complexity index is 623. The fraction of sp³-hybridized carbons (Fsp3) is 0.333. The van der Waals surface area contributed by atoms with E-state index in [1.807, 2.05) is 0 Å². The second-order valence-corrected chi connectivity index (χ2v) is 6.49. The molecule has 6 nitrogen and oxygen atoms in total. The van der Waals surface area contributed by atoms with E-state index in [1.165, 1.54) is 7.11 Å². The number of nitrogens with two attached hydrogens (primary N) is 1. The first-order valence-electron chi connectivity index (χ1n) is 5.65. The third kappa shape index (κ3) is 4.77. The summed E-state index contributed by atoms with van der Waals surface area (Å²) in [6, 6.07) is 8.52. The first-order chi connectivity index (χ1) is 9.39. The number of hydrogen-bond donors (Lipinski definition) is 1. The van der Waals surface area contributed by atoms with E-state index in [0.717, 1.165) is 4.31 Å². The lowest BCUT2D eigenvalue weighted by Crippen LogP contribution is -2.38. The predicted molar refractivity (Wildman–Crippen MR) is 79.6 cm³/mol. The van der Waals surface area contributed by atoms with Gasteiger partial charge in [0.25, 0.3) is 0 Å². The quantitative estimate of drug-likeness (QED) is 0.586. The summed E-state index contributed by atoms with van der Waals surface area (Å²) in [5, 5.41) is 8.70. The molecule has 1 aromatic carbocycles. The van der Waals surface area contributed by atoms with E-state index < -0.39 is 10.0 Å². The molecule has 0 amide bonds. The lowest BCUT2D eigenvalue weighted by atomic mass is 10.2. The smallest absolute Gasteiger partial charge is 0.219 e. The molecule has 108 valence electrons. The second kappa shape index (κ2) is 7.19. The molecular weight excluding hydrogens is 298 g/mol. The number of benzene rings is 1. The van der Waals surface area contributed by atoms with Crippen molar-refractivity contribution in [2.45, 2.75) is 5.75 Å². The van der Waals surface area contributed by atoms with E-state index >= 15 is 0 Å². The summed E-state index contributed by atoms with van der Waals surface area (Å²) in [5.74, 6) is 0.327. The van der Waals surface area contributed by atoms with Crippen LogP contribution < -0.4 is 10.5 Å². The molecule has 20 heavy (non-hydrogen) atoms. The van der Waals surface area contributed by atoms with Gasteiger partial charge in [-0.15, -0.1) is 0 Å². The lowest BCUT2D eigenvalue weighted by molar-refractivity contribution is 0.414. The van der Waals surface area contributed by atoms with E-state index in [4.69, 9.17) is 28.0 Å². The Kier molecular flexibility index (Phi) is 5.88. The molecule has 1 rings (SSSR count). The molecule has 0 radical (unpaired) electrons. The minimum Gasteiger partial charge on any atom is -0.497 e. The molecule has 0 aliphatic heterocycles. The van der Waals surface area contributed by atoms with Gasteiger partial charge in [-0.25, -0.2) is 8.42 Å². The van der Waals surface area contributed by atoms with Crippen LogP contribution in [-0.2, 0) is 15.8 Å². The summed E-state index contributed by atoms with van der Waals surface area (Å²) < 4.78 is 30.5. The maximum atomic E-state index is 12.2. The summed E-state index contributed by atoms with van der Waals surface area (Å²) in [4.78, 5) is 0.0227. The maximum absolute atomic E-state index is 12.2. The Balaban J connectivity index is 2.96. The van der Waals surface area contributed by atoms with Crippen molar-refractivity contribution in [3.8, 4) is 11.8 Å². The molecule has 0 aliphatic carbocycles. The Morgan fingerprint density at radius 1 is 1.55 bits per heavy atom. The van der Waals surface area contributed by atoms with Crippen molar-refractivity contribution in [2.24, 2.45) is 5.73 Å². The molecule has 0 aliphatic rings. The maximum Gasteiger partial charge on any atom is 0.219 e. The second-order valence-electron chi connectivity index (χ2n) is 4.00. The van der Waals surface area contributed by atoms with Crippen LogP contribution in [-0.4, -0.2) is 37.9 Å². The predicted octanol–water partition coefficient (Wildman–Crippen LogP) is 0.637. The van der Waals surface area contributed by atoms with Gasteiger partial charge in [0.2, 0.25) is 10.0 Å². The molecule has 0 bridgehead atoms. The summed E-state index contributed by atoms with van der Waals surface area (Å²) in [6.07, 6.45) is 0. The van der Waals surface area contributed by atoms with Gasteiger partial charge in [0.05, 0.1) is 30.5 Å². The Morgan fingerprint density at radius 3 is 2.80 bits per heavy atom. The monoisotopic (exact) mass is 313 g/mol. The van der Waals surface area contributed by atoms with Gasteiger partial charge in [0.15, 0.2) is 0 Å². The van der Waals surface area contributed by atoms with E-state index in [9.17, 15) is 8.42 Å². The van der Waals surface area contributed by atoms with Gasteiger partial charge in [0.1, 0.15) is 12.3 Å². The van der Waals surface area contributed by atoms with Gasteiger partial charge in [-0.05, 0) is 17.7 Å². The number of thiocarbonyl (C=S) groups is 1. The van der Waals surface area contributed by atoms with E-state index in [-0.39, 0.29) is 23.8 Å². The average molecular weight is 313 g/mol. The summed E-state index contributed by atoms with van der Waals surface area (Å²) >= 11 is 4.70. The summed E-state index contributed by atoms with van der Waals surface area (Å²) in [6.45, 7) is -0.432. The van der Waals surface area contributed by atoms with Crippen LogP contribution in [0.3, 0.4) is 0 Å². The highest BCUT2D eigenvalue weighted by molar-refractivity contribution is 7.88. The zero-order valence-corrected chi connectivity index (χ0v) is 12.6. The molecule has 0 unspecified atom stereocenters. The van der Waals surface area contributed by atoms with Crippen molar-refractivity contribution < 1.29 is 13.2 Å². The van der Waals surface area contributed by atoms with Crippen molar-refractivity contribution in [1.29, 1.82) is 5.26 Å². The fourth-order valence-corrected chi connectivity index (χ4v) is 3.18. The summed E-state index contributed by atoms with van der Waals surface area (Å²) in [7, 11) is -2.17. The number of nitriles is 1. The Labute approximate surface area is 123 Å². The molecule has 0 atom stereocenters. The normalized spacial score (nSPS) is 11.1. The summed E-state index contributed by atoms with van der Waals surface area (Å²) in [5.41, 5.74) is 5.92. The van der Waals surface area contributed by atoms with Crippen molar-refractivity contribution in [2.75, 3.05) is 20.2 Å². The third-order valence-corrected chi connectivity index (χ3v) is 4.33. The van der Waals surface area contributed by atoms with Gasteiger partial charge in [-0.1, -0.05) is 24.4 Å². The highest BCUT2D eigenvalue weighted by Crippen LogP contribution is 2.16. The first-order valence-corrected chi connectivity index (χ1v) is 7.67. The highest BCUT2D eigenvalue weighted by atomic mass is 32.2. The van der Waals surface area contributed by atoms with Gasteiger partial charge >= 0.3 is 0 Å². The molecule has 2 N–H and O–H groups in total. The number of methoxy groups -OCH3 is 1. The Morgan fingerprint density at radius 2 is 2.25 bits per heavy atom. The van der Waals surface area contributed by atoms with Gasteiger partial charge < -0.3 is 10.5 Å². The van der Waals surface area contributed by atoms with Crippen molar-refractivity contribution in [3.63, 3.8) is 0 Å². The van der Waals surface area contributed by atoms with Crippen LogP contribution in [0.1, 0.15) is 5.56 Å². The van der Waals surface area contributed by atoms with Crippen LogP contribution >= 0.6 is 12.2 Å². The van der Waals surface area contributed by atoms with Gasteiger partial charge in [0, 0.05) is 0 Å². The zero-order valence-electron chi connectivity index (χ0n) is 10.9. The molecule has 0 saturated heterocycles. The minimum atomic E-state index is -3.67. The van der Waals surface area contributed by atoms with Crippen LogP contribution in [0.2, 0.25) is 0 Å². The molecule has 1 aromatic rings. The first kappa shape index (κ1) is 16.4. The molecule has 0 saturated carbocycles. The topological polar surface area (TPSA) is 96.4 Å².